The van der Waals surface area contributed by atoms with Crippen LogP contribution in [0.15, 0.2) is 24.3 Å². The predicted molar refractivity (Wildman–Crippen MR) is 56.1 cm³/mol. The molecule has 1 heterocycles. The highest BCUT2D eigenvalue weighted by molar-refractivity contribution is 7.58. The van der Waals surface area contributed by atoms with Gasteiger partial charge >= 0.3 is 7.67 Å². The summed E-state index contributed by atoms with van der Waals surface area (Å²) in [5.41, 5.74) is 2.00. The molecule has 0 aliphatic carbocycles. The van der Waals surface area contributed by atoms with E-state index in [1.54, 1.807) is 0 Å². The minimum atomic E-state index is -2.85. The maximum Gasteiger partial charge on any atom is 0.366 e. The molecule has 1 aromatic rings. The zero-order valence-corrected chi connectivity index (χ0v) is 8.88. The summed E-state index contributed by atoms with van der Waals surface area (Å²) < 4.78 is 17.1. The van der Waals surface area contributed by atoms with Crippen molar-refractivity contribution >= 4 is 13.4 Å². The molecule has 76 valence electrons. The Morgan fingerprint density at radius 3 is 3.07 bits per heavy atom. The summed E-state index contributed by atoms with van der Waals surface area (Å²) in [6.45, 7) is 2.84. The molecule has 2 rings (SSSR count). The van der Waals surface area contributed by atoms with E-state index >= 15 is 0 Å². The molecule has 0 unspecified atom stereocenters. The topological polar surface area (TPSA) is 50.4 Å². The third-order valence-electron chi connectivity index (χ3n) is 2.07. The van der Waals surface area contributed by atoms with Gasteiger partial charge in [-0.05, 0) is 18.6 Å². The van der Waals surface area contributed by atoms with Crippen molar-refractivity contribution in [1.82, 2.24) is 5.09 Å². The molecule has 0 fully saturated rings. The van der Waals surface area contributed by atoms with Crippen molar-refractivity contribution in [3.05, 3.63) is 29.8 Å². The molecule has 1 aromatic carbocycles. The van der Waals surface area contributed by atoms with Crippen LogP contribution in [-0.2, 0) is 15.6 Å². The molecular weight excluding hydrogens is 199 g/mol. The third-order valence-corrected chi connectivity index (χ3v) is 3.81. The van der Waals surface area contributed by atoms with Crippen molar-refractivity contribution in [2.45, 2.75) is 13.5 Å². The Labute approximate surface area is 83.2 Å². The Kier molecular flexibility index (Phi) is 2.59. The van der Waals surface area contributed by atoms with Crippen LogP contribution in [0, 0.1) is 0 Å². The van der Waals surface area contributed by atoms with Gasteiger partial charge in [-0.25, -0.2) is 9.65 Å². The van der Waals surface area contributed by atoms with Crippen LogP contribution >= 0.6 is 7.67 Å². The molecule has 0 saturated heterocycles. The maximum atomic E-state index is 12.0. The van der Waals surface area contributed by atoms with Crippen LogP contribution in [0.25, 0.3) is 0 Å². The lowest BCUT2D eigenvalue weighted by molar-refractivity contribution is 0.327. The number of fused-ring (bicyclic) bond motifs is 1. The largest absolute Gasteiger partial charge is 0.366 e. The standard InChI is InChI=1S/C9H13N2O2P/c1-2-13-14(12)10-7-8-5-3-4-6-9(8)11-14/h3-6H,2,7H2,1H3,(H2,10,11,12)/t14-/m0/s1. The van der Waals surface area contributed by atoms with Gasteiger partial charge in [0, 0.05) is 12.2 Å². The lowest BCUT2D eigenvalue weighted by atomic mass is 10.2. The van der Waals surface area contributed by atoms with E-state index in [4.69, 9.17) is 4.52 Å². The van der Waals surface area contributed by atoms with Gasteiger partial charge in [-0.1, -0.05) is 18.2 Å². The predicted octanol–water partition coefficient (Wildman–Crippen LogP) is 2.35. The zero-order valence-electron chi connectivity index (χ0n) is 7.99. The molecule has 2 N–H and O–H groups in total. The summed E-state index contributed by atoms with van der Waals surface area (Å²) in [4.78, 5) is 0. The molecule has 0 amide bonds. The maximum absolute atomic E-state index is 12.0. The minimum absolute atomic E-state index is 0.430. The van der Waals surface area contributed by atoms with Crippen LogP contribution in [0.5, 0.6) is 0 Å². The number of rotatable bonds is 2. The summed E-state index contributed by atoms with van der Waals surface area (Å²) >= 11 is 0. The first kappa shape index (κ1) is 9.71. The van der Waals surface area contributed by atoms with Gasteiger partial charge in [-0.3, -0.25) is 0 Å². The van der Waals surface area contributed by atoms with Crippen LogP contribution in [0.2, 0.25) is 0 Å². The average Bonchev–Trinajstić information content (AvgIpc) is 2.17. The monoisotopic (exact) mass is 212 g/mol. The van der Waals surface area contributed by atoms with Crippen molar-refractivity contribution in [3.8, 4) is 0 Å². The van der Waals surface area contributed by atoms with Gasteiger partial charge in [0.25, 0.3) is 0 Å². The minimum Gasteiger partial charge on any atom is -0.303 e. The molecule has 0 spiro atoms. The first-order valence-corrected chi connectivity index (χ1v) is 6.22. The van der Waals surface area contributed by atoms with E-state index in [1.165, 1.54) is 0 Å². The van der Waals surface area contributed by atoms with E-state index in [0.717, 1.165) is 11.3 Å². The van der Waals surface area contributed by atoms with Crippen molar-refractivity contribution in [3.63, 3.8) is 0 Å². The molecule has 5 heteroatoms. The van der Waals surface area contributed by atoms with Crippen LogP contribution in [0.4, 0.5) is 5.69 Å². The Hall–Kier alpha value is -0.830. The van der Waals surface area contributed by atoms with Crippen LogP contribution in [0.1, 0.15) is 12.5 Å². The molecule has 0 saturated carbocycles. The van der Waals surface area contributed by atoms with E-state index in [0.29, 0.717) is 13.2 Å². The SMILES string of the molecule is CCO[P@@]1(=O)NCc2ccccc2N1. The lowest BCUT2D eigenvalue weighted by Crippen LogP contribution is -2.23. The normalized spacial score (nSPS) is 25.2. The fourth-order valence-electron chi connectivity index (χ4n) is 1.43. The molecule has 0 radical (unpaired) electrons. The Morgan fingerprint density at radius 1 is 1.50 bits per heavy atom. The molecule has 14 heavy (non-hydrogen) atoms. The van der Waals surface area contributed by atoms with Crippen LogP contribution in [-0.4, -0.2) is 6.61 Å². The second-order valence-electron chi connectivity index (χ2n) is 3.07. The highest BCUT2D eigenvalue weighted by atomic mass is 31.2. The second-order valence-corrected chi connectivity index (χ2v) is 4.97. The Bertz CT molecular complexity index is 381. The molecule has 1 aliphatic heterocycles. The quantitative estimate of drug-likeness (QED) is 0.739. The molecule has 1 aliphatic rings. The fourth-order valence-corrected chi connectivity index (χ4v) is 2.94. The van der Waals surface area contributed by atoms with E-state index in [-0.39, 0.29) is 0 Å². The van der Waals surface area contributed by atoms with Crippen molar-refractivity contribution < 1.29 is 9.09 Å². The summed E-state index contributed by atoms with van der Waals surface area (Å²) in [6.07, 6.45) is 0. The summed E-state index contributed by atoms with van der Waals surface area (Å²) in [7, 11) is -2.85. The third kappa shape index (κ3) is 1.82. The van der Waals surface area contributed by atoms with Crippen molar-refractivity contribution in [1.29, 1.82) is 0 Å². The first-order valence-electron chi connectivity index (χ1n) is 4.59. The lowest BCUT2D eigenvalue weighted by Gasteiger charge is -2.27. The smallest absolute Gasteiger partial charge is 0.303 e. The molecule has 4 nitrogen and oxygen atoms in total. The highest BCUT2D eigenvalue weighted by Gasteiger charge is 2.27. The number of benzene rings is 1. The average molecular weight is 212 g/mol. The number of hydrogen-bond donors (Lipinski definition) is 2. The summed E-state index contributed by atoms with van der Waals surface area (Å²) in [5.74, 6) is 0. The van der Waals surface area contributed by atoms with E-state index < -0.39 is 7.67 Å². The number of para-hydroxylation sites is 1. The Morgan fingerprint density at radius 2 is 2.29 bits per heavy atom. The molecular formula is C9H13N2O2P. The number of anilines is 1. The van der Waals surface area contributed by atoms with Gasteiger partial charge in [0.1, 0.15) is 0 Å². The molecule has 0 aromatic heterocycles. The van der Waals surface area contributed by atoms with Gasteiger partial charge in [-0.2, -0.15) is 0 Å². The zero-order chi connectivity index (χ0) is 10.0. The van der Waals surface area contributed by atoms with Crippen molar-refractivity contribution in [2.24, 2.45) is 0 Å². The van der Waals surface area contributed by atoms with Gasteiger partial charge in [0.15, 0.2) is 0 Å². The van der Waals surface area contributed by atoms with Crippen molar-refractivity contribution in [2.75, 3.05) is 11.7 Å². The van der Waals surface area contributed by atoms with E-state index in [9.17, 15) is 4.57 Å². The first-order chi connectivity index (χ1) is 6.73. The molecule has 0 bridgehead atoms. The molecule has 1 atom stereocenters. The van der Waals surface area contributed by atoms with Crippen LogP contribution < -0.4 is 10.2 Å². The van der Waals surface area contributed by atoms with Gasteiger partial charge in [0.2, 0.25) is 0 Å². The fraction of sp³-hybridized carbons (Fsp3) is 0.333. The number of nitrogens with one attached hydrogen (secondary N) is 2. The van der Waals surface area contributed by atoms with E-state index in [2.05, 4.69) is 10.2 Å². The van der Waals surface area contributed by atoms with Gasteiger partial charge in [0.05, 0.1) is 6.61 Å². The van der Waals surface area contributed by atoms with Crippen LogP contribution in [0.3, 0.4) is 0 Å². The van der Waals surface area contributed by atoms with Gasteiger partial charge in [-0.15, -0.1) is 0 Å². The van der Waals surface area contributed by atoms with Gasteiger partial charge < -0.3 is 9.61 Å². The summed E-state index contributed by atoms with van der Waals surface area (Å²) in [6, 6.07) is 7.76. The number of hydrogen-bond acceptors (Lipinski definition) is 2. The highest BCUT2D eigenvalue weighted by Crippen LogP contribution is 2.46. The summed E-state index contributed by atoms with van der Waals surface area (Å²) in [5, 5.41) is 5.77. The second kappa shape index (κ2) is 3.73. The Balaban J connectivity index is 2.25. The van der Waals surface area contributed by atoms with E-state index in [1.807, 2.05) is 31.2 Å².